The predicted molar refractivity (Wildman–Crippen MR) is 215 cm³/mol. The Morgan fingerprint density at radius 3 is 1.71 bits per heavy atom. The largest absolute Gasteiger partial charge is 0.458 e. The van der Waals surface area contributed by atoms with Crippen LogP contribution in [0.4, 0.5) is 4.79 Å². The van der Waals surface area contributed by atoms with Crippen molar-refractivity contribution < 1.29 is 28.3 Å². The fraction of sp³-hybridized carbons (Fsp3) is 0.605. The minimum absolute atomic E-state index is 0.0985. The highest BCUT2D eigenvalue weighted by Crippen LogP contribution is 2.38. The molecule has 0 fully saturated rings. The van der Waals surface area contributed by atoms with Gasteiger partial charge in [-0.15, -0.1) is 0 Å². The third-order valence-electron chi connectivity index (χ3n) is 8.91. The minimum atomic E-state index is -2.94. The first kappa shape index (κ1) is 44.7. The monoisotopic (exact) mass is 736 g/mol. The fourth-order valence-corrected chi connectivity index (χ4v) is 11.2. The topological polar surface area (TPSA) is 103 Å². The highest BCUT2D eigenvalue weighted by molar-refractivity contribution is 6.99. The summed E-state index contributed by atoms with van der Waals surface area (Å²) < 4.78 is 18.8. The summed E-state index contributed by atoms with van der Waals surface area (Å²) >= 11 is 0. The lowest BCUT2D eigenvalue weighted by Gasteiger charge is -2.43. The van der Waals surface area contributed by atoms with Crippen LogP contribution in [0.1, 0.15) is 122 Å². The first-order chi connectivity index (χ1) is 24.1. The van der Waals surface area contributed by atoms with Crippen LogP contribution in [0.5, 0.6) is 0 Å². The van der Waals surface area contributed by atoms with Crippen molar-refractivity contribution in [2.24, 2.45) is 11.8 Å². The van der Waals surface area contributed by atoms with E-state index in [-0.39, 0.29) is 17.6 Å². The molecule has 2 aromatic carbocycles. The van der Waals surface area contributed by atoms with E-state index in [1.165, 1.54) is 0 Å². The number of benzene rings is 2. The molecule has 0 saturated heterocycles. The second kappa shape index (κ2) is 19.6. The number of unbranched alkanes of at least 4 members (excludes halogenated alkanes) is 2. The Morgan fingerprint density at radius 2 is 1.29 bits per heavy atom. The Morgan fingerprint density at radius 1 is 0.769 bits per heavy atom. The van der Waals surface area contributed by atoms with Crippen molar-refractivity contribution >= 4 is 36.7 Å². The molecule has 0 aromatic heterocycles. The minimum Gasteiger partial charge on any atom is -0.458 e. The van der Waals surface area contributed by atoms with E-state index >= 15 is 0 Å². The van der Waals surface area contributed by atoms with Gasteiger partial charge in [-0.2, -0.15) is 0 Å². The van der Waals surface area contributed by atoms with Crippen molar-refractivity contribution in [1.29, 1.82) is 0 Å². The Bertz CT molecular complexity index is 1400. The van der Waals surface area contributed by atoms with Gasteiger partial charge in [-0.1, -0.05) is 128 Å². The maximum Gasteiger partial charge on any atom is 0.408 e. The summed E-state index contributed by atoms with van der Waals surface area (Å²) in [6.07, 6.45) is 5.10. The van der Waals surface area contributed by atoms with E-state index in [0.29, 0.717) is 12.8 Å². The van der Waals surface area contributed by atoms with E-state index in [9.17, 15) is 14.4 Å². The molecule has 0 saturated carbocycles. The lowest BCUT2D eigenvalue weighted by atomic mass is 9.85. The number of carbonyl (C=O) groups excluding carboxylic acids is 3. The van der Waals surface area contributed by atoms with Gasteiger partial charge in [-0.3, -0.25) is 4.79 Å². The number of allylic oxidation sites excluding steroid dienone is 1. The Kier molecular flexibility index (Phi) is 16.8. The summed E-state index contributed by atoms with van der Waals surface area (Å²) in [5.74, 6) is -1.31. The molecule has 2 N–H and O–H groups in total. The van der Waals surface area contributed by atoms with Crippen LogP contribution in [0.25, 0.3) is 0 Å². The smallest absolute Gasteiger partial charge is 0.408 e. The SMILES string of the molecule is C/C=C(\CO[Si](c1ccccc1)(c1ccccc1)C(C)(C)C)[C@@H](CCCCC)[C@H](NC(=O)OC(C)(C)C)C(=O)N[C@@H](CC(C)C)C(=O)OC(C)(C)C. The zero-order valence-corrected chi connectivity index (χ0v) is 35.4. The number of hydrogen-bond donors (Lipinski definition) is 2. The van der Waals surface area contributed by atoms with Crippen LogP contribution in [-0.4, -0.2) is 56.2 Å². The summed E-state index contributed by atoms with van der Waals surface area (Å²) in [6, 6.07) is 19.0. The van der Waals surface area contributed by atoms with E-state index in [0.717, 1.165) is 35.2 Å². The standard InChI is InChI=1S/C43H68N2O6Si/c1-14-16-19-28-35(32(15-2)30-49-52(43(11,12)13,33-24-20-17-21-25-33)34-26-22-18-23-27-34)37(45-40(48)51-42(8,9)10)38(46)44-36(29-31(3)4)39(47)50-41(5,6)7/h15,17-18,20-27,31,35-37H,14,16,19,28-30H2,1-13H3,(H,44,46)(H,45,48)/b32-15+/t35-,36+,37+/m1/s1. The van der Waals surface area contributed by atoms with Crippen LogP contribution in [0.2, 0.25) is 5.04 Å². The van der Waals surface area contributed by atoms with Gasteiger partial charge in [0, 0.05) is 5.92 Å². The second-order valence-corrected chi connectivity index (χ2v) is 21.6. The van der Waals surface area contributed by atoms with Crippen LogP contribution in [0, 0.1) is 11.8 Å². The number of alkyl carbamates (subject to hydrolysis) is 1. The molecular formula is C43H68N2O6Si. The van der Waals surface area contributed by atoms with Gasteiger partial charge in [0.15, 0.2) is 0 Å². The molecule has 2 amide bonds. The van der Waals surface area contributed by atoms with Crippen molar-refractivity contribution in [1.82, 2.24) is 10.6 Å². The molecule has 0 heterocycles. The molecule has 9 heteroatoms. The average Bonchev–Trinajstić information content (AvgIpc) is 3.03. The zero-order valence-electron chi connectivity index (χ0n) is 34.4. The third kappa shape index (κ3) is 13.5. The van der Waals surface area contributed by atoms with Crippen molar-refractivity contribution in [2.75, 3.05) is 6.61 Å². The number of esters is 1. The lowest BCUT2D eigenvalue weighted by Crippen LogP contribution is -2.66. The van der Waals surface area contributed by atoms with Gasteiger partial charge in [0.2, 0.25) is 5.91 Å². The maximum atomic E-state index is 14.6. The number of amides is 2. The van der Waals surface area contributed by atoms with Crippen LogP contribution in [0.15, 0.2) is 72.3 Å². The summed E-state index contributed by atoms with van der Waals surface area (Å²) in [6.45, 7) is 25.8. The van der Waals surface area contributed by atoms with E-state index in [1.54, 1.807) is 41.5 Å². The number of nitrogens with one attached hydrogen (secondary N) is 2. The Balaban J connectivity index is 2.70. The normalized spacial score (nSPS) is 14.7. The molecular weight excluding hydrogens is 669 g/mol. The summed E-state index contributed by atoms with van der Waals surface area (Å²) in [5.41, 5.74) is -0.613. The number of carbonyl (C=O) groups is 3. The second-order valence-electron chi connectivity index (χ2n) is 17.3. The predicted octanol–water partition coefficient (Wildman–Crippen LogP) is 8.47. The maximum absolute atomic E-state index is 14.6. The molecule has 8 nitrogen and oxygen atoms in total. The first-order valence-corrected chi connectivity index (χ1v) is 21.0. The third-order valence-corrected chi connectivity index (χ3v) is 13.9. The van der Waals surface area contributed by atoms with Gasteiger partial charge in [0.1, 0.15) is 23.3 Å². The van der Waals surface area contributed by atoms with Crippen molar-refractivity contribution in [3.63, 3.8) is 0 Å². The molecule has 2 aromatic rings. The molecule has 0 unspecified atom stereocenters. The van der Waals surface area contributed by atoms with Gasteiger partial charge >= 0.3 is 12.1 Å². The molecule has 0 bridgehead atoms. The van der Waals surface area contributed by atoms with Gasteiger partial charge < -0.3 is 24.5 Å². The van der Waals surface area contributed by atoms with Gasteiger partial charge in [-0.05, 0) is 88.2 Å². The Labute approximate surface area is 316 Å². The summed E-state index contributed by atoms with van der Waals surface area (Å²) in [4.78, 5) is 41.5. The van der Waals surface area contributed by atoms with Crippen LogP contribution in [0.3, 0.4) is 0 Å². The van der Waals surface area contributed by atoms with Crippen LogP contribution in [-0.2, 0) is 23.5 Å². The molecule has 52 heavy (non-hydrogen) atoms. The molecule has 2 rings (SSSR count). The molecule has 3 atom stereocenters. The number of hydrogen-bond acceptors (Lipinski definition) is 6. The highest BCUT2D eigenvalue weighted by atomic mass is 28.4. The fourth-order valence-electron chi connectivity index (χ4n) is 6.64. The van der Waals surface area contributed by atoms with Gasteiger partial charge in [0.05, 0.1) is 6.61 Å². The lowest BCUT2D eigenvalue weighted by molar-refractivity contribution is -0.159. The van der Waals surface area contributed by atoms with Crippen molar-refractivity contribution in [3.05, 3.63) is 72.3 Å². The summed E-state index contributed by atoms with van der Waals surface area (Å²) in [7, 11) is -2.94. The quantitative estimate of drug-likeness (QED) is 0.0732. The van der Waals surface area contributed by atoms with Crippen molar-refractivity contribution in [3.8, 4) is 0 Å². The van der Waals surface area contributed by atoms with Gasteiger partial charge in [-0.25, -0.2) is 9.59 Å². The summed E-state index contributed by atoms with van der Waals surface area (Å²) in [5, 5.41) is 7.99. The zero-order chi connectivity index (χ0) is 39.3. The van der Waals surface area contributed by atoms with E-state index in [4.69, 9.17) is 13.9 Å². The van der Waals surface area contributed by atoms with E-state index < -0.39 is 55.5 Å². The Hall–Kier alpha value is -3.43. The molecule has 0 radical (unpaired) electrons. The van der Waals surface area contributed by atoms with Crippen LogP contribution >= 0.6 is 0 Å². The van der Waals surface area contributed by atoms with Gasteiger partial charge in [0.25, 0.3) is 8.32 Å². The average molecular weight is 737 g/mol. The molecule has 290 valence electrons. The molecule has 0 aliphatic carbocycles. The molecule has 0 spiro atoms. The molecule has 0 aliphatic rings. The van der Waals surface area contributed by atoms with E-state index in [2.05, 4.69) is 86.9 Å². The number of rotatable bonds is 17. The van der Waals surface area contributed by atoms with E-state index in [1.807, 2.05) is 39.0 Å². The number of ether oxygens (including phenoxy) is 2. The molecule has 0 aliphatic heterocycles. The first-order valence-electron chi connectivity index (χ1n) is 19.1. The highest BCUT2D eigenvalue weighted by Gasteiger charge is 2.50. The van der Waals surface area contributed by atoms with Crippen LogP contribution < -0.4 is 21.0 Å². The van der Waals surface area contributed by atoms with Crippen molar-refractivity contribution in [2.45, 2.75) is 150 Å².